The molecule has 0 saturated heterocycles. The Morgan fingerprint density at radius 1 is 1.32 bits per heavy atom. The average Bonchev–Trinajstić information content (AvgIpc) is 3.19. The van der Waals surface area contributed by atoms with Crippen LogP contribution in [0.1, 0.15) is 35.2 Å². The number of rotatable bonds is 6. The van der Waals surface area contributed by atoms with Gasteiger partial charge in [0.25, 0.3) is 0 Å². The highest BCUT2D eigenvalue weighted by Gasteiger charge is 2.12. The predicted molar refractivity (Wildman–Crippen MR) is 82.6 cm³/mol. The van der Waals surface area contributed by atoms with E-state index in [2.05, 4.69) is 15.2 Å². The van der Waals surface area contributed by atoms with Crippen molar-refractivity contribution in [3.8, 4) is 0 Å². The SMILES string of the molecule is OC(CCc1cc(Cc2ccccc2Cl)co1)c1ncn[nH]1. The first kappa shape index (κ1) is 14.8. The first-order valence-corrected chi connectivity index (χ1v) is 7.43. The highest BCUT2D eigenvalue weighted by molar-refractivity contribution is 6.31. The van der Waals surface area contributed by atoms with E-state index in [1.807, 2.05) is 30.3 Å². The van der Waals surface area contributed by atoms with E-state index in [0.29, 0.717) is 18.7 Å². The molecule has 0 aliphatic carbocycles. The molecule has 0 saturated carbocycles. The van der Waals surface area contributed by atoms with Crippen LogP contribution >= 0.6 is 11.6 Å². The molecule has 0 spiro atoms. The summed E-state index contributed by atoms with van der Waals surface area (Å²) in [4.78, 5) is 3.94. The van der Waals surface area contributed by atoms with E-state index in [-0.39, 0.29) is 0 Å². The molecule has 0 amide bonds. The molecule has 0 radical (unpaired) electrons. The maximum Gasteiger partial charge on any atom is 0.153 e. The molecule has 3 aromatic rings. The third-order valence-electron chi connectivity index (χ3n) is 3.47. The molecule has 2 N–H and O–H groups in total. The van der Waals surface area contributed by atoms with E-state index in [0.717, 1.165) is 28.3 Å². The average molecular weight is 318 g/mol. The Labute approximate surface area is 133 Å². The van der Waals surface area contributed by atoms with Crippen LogP contribution < -0.4 is 0 Å². The van der Waals surface area contributed by atoms with Crippen molar-refractivity contribution in [2.45, 2.75) is 25.4 Å². The predicted octanol–water partition coefficient (Wildman–Crippen LogP) is 3.31. The van der Waals surface area contributed by atoms with Crippen molar-refractivity contribution in [2.24, 2.45) is 0 Å². The number of hydrogen-bond acceptors (Lipinski definition) is 4. The van der Waals surface area contributed by atoms with Gasteiger partial charge in [0.05, 0.1) is 6.26 Å². The molecule has 5 nitrogen and oxygen atoms in total. The topological polar surface area (TPSA) is 74.9 Å². The Morgan fingerprint density at radius 2 is 2.18 bits per heavy atom. The van der Waals surface area contributed by atoms with Gasteiger partial charge in [-0.15, -0.1) is 0 Å². The van der Waals surface area contributed by atoms with Gasteiger partial charge in [0.2, 0.25) is 0 Å². The van der Waals surface area contributed by atoms with E-state index in [9.17, 15) is 5.11 Å². The molecule has 0 bridgehead atoms. The number of nitrogens with zero attached hydrogens (tertiary/aromatic N) is 2. The molecule has 1 atom stereocenters. The van der Waals surface area contributed by atoms with Gasteiger partial charge in [-0.2, -0.15) is 5.10 Å². The van der Waals surface area contributed by atoms with E-state index in [4.69, 9.17) is 16.0 Å². The molecule has 0 aliphatic rings. The van der Waals surface area contributed by atoms with Crippen molar-refractivity contribution in [1.82, 2.24) is 15.2 Å². The second kappa shape index (κ2) is 6.77. The van der Waals surface area contributed by atoms with Crippen molar-refractivity contribution in [3.05, 3.63) is 70.7 Å². The third kappa shape index (κ3) is 3.55. The maximum atomic E-state index is 9.96. The monoisotopic (exact) mass is 317 g/mol. The van der Waals surface area contributed by atoms with E-state index in [1.54, 1.807) is 6.26 Å². The van der Waals surface area contributed by atoms with Crippen molar-refractivity contribution >= 4 is 11.6 Å². The molecule has 6 heteroatoms. The molecular formula is C16H16ClN3O2. The van der Waals surface area contributed by atoms with Gasteiger partial charge in [-0.05, 0) is 29.7 Å². The molecular weight excluding hydrogens is 302 g/mol. The quantitative estimate of drug-likeness (QED) is 0.731. The zero-order valence-electron chi connectivity index (χ0n) is 11.9. The lowest BCUT2D eigenvalue weighted by Crippen LogP contribution is -2.01. The summed E-state index contributed by atoms with van der Waals surface area (Å²) in [7, 11) is 0. The zero-order chi connectivity index (χ0) is 15.4. The summed E-state index contributed by atoms with van der Waals surface area (Å²) < 4.78 is 5.54. The van der Waals surface area contributed by atoms with Gasteiger partial charge < -0.3 is 9.52 Å². The van der Waals surface area contributed by atoms with Crippen molar-refractivity contribution in [3.63, 3.8) is 0 Å². The summed E-state index contributed by atoms with van der Waals surface area (Å²) in [6.45, 7) is 0. The number of aromatic nitrogens is 3. The summed E-state index contributed by atoms with van der Waals surface area (Å²) in [6.07, 6.45) is 4.33. The normalized spacial score (nSPS) is 12.5. The second-order valence-electron chi connectivity index (χ2n) is 5.11. The Bertz CT molecular complexity index is 725. The van der Waals surface area contributed by atoms with Crippen LogP contribution in [0.25, 0.3) is 0 Å². The highest BCUT2D eigenvalue weighted by atomic mass is 35.5. The van der Waals surface area contributed by atoms with E-state index < -0.39 is 6.10 Å². The van der Waals surface area contributed by atoms with Gasteiger partial charge in [0, 0.05) is 17.9 Å². The molecule has 3 rings (SSSR count). The number of nitrogens with one attached hydrogen (secondary N) is 1. The summed E-state index contributed by atoms with van der Waals surface area (Å²) >= 11 is 6.16. The van der Waals surface area contributed by atoms with Crippen LogP contribution in [0.3, 0.4) is 0 Å². The fourth-order valence-electron chi connectivity index (χ4n) is 2.30. The van der Waals surface area contributed by atoms with E-state index >= 15 is 0 Å². The number of aryl methyl sites for hydroxylation is 1. The van der Waals surface area contributed by atoms with Crippen molar-refractivity contribution in [1.29, 1.82) is 0 Å². The number of halogens is 1. The Morgan fingerprint density at radius 3 is 2.95 bits per heavy atom. The number of aliphatic hydroxyl groups excluding tert-OH is 1. The first-order valence-electron chi connectivity index (χ1n) is 7.05. The lowest BCUT2D eigenvalue weighted by atomic mass is 10.1. The molecule has 1 unspecified atom stereocenters. The Balaban J connectivity index is 1.58. The minimum atomic E-state index is -0.667. The largest absolute Gasteiger partial charge is 0.469 e. The van der Waals surface area contributed by atoms with Gasteiger partial charge in [0.15, 0.2) is 5.82 Å². The molecule has 22 heavy (non-hydrogen) atoms. The summed E-state index contributed by atoms with van der Waals surface area (Å²) in [5, 5.41) is 17.1. The number of H-pyrrole nitrogens is 1. The lowest BCUT2D eigenvalue weighted by Gasteiger charge is -2.04. The van der Waals surface area contributed by atoms with Crippen LogP contribution in [0.15, 0.2) is 47.3 Å². The van der Waals surface area contributed by atoms with Crippen LogP contribution in [0.4, 0.5) is 0 Å². The van der Waals surface area contributed by atoms with Crippen molar-refractivity contribution in [2.75, 3.05) is 0 Å². The van der Waals surface area contributed by atoms with E-state index in [1.165, 1.54) is 6.33 Å². The molecule has 2 heterocycles. The lowest BCUT2D eigenvalue weighted by molar-refractivity contribution is 0.156. The second-order valence-corrected chi connectivity index (χ2v) is 5.52. The maximum absolute atomic E-state index is 9.96. The van der Waals surface area contributed by atoms with Crippen LogP contribution in [0.2, 0.25) is 5.02 Å². The van der Waals surface area contributed by atoms with Gasteiger partial charge >= 0.3 is 0 Å². The van der Waals surface area contributed by atoms with Gasteiger partial charge in [-0.25, -0.2) is 4.98 Å². The van der Waals surface area contributed by atoms with Gasteiger partial charge in [-0.3, -0.25) is 5.10 Å². The standard InChI is InChI=1S/C16H16ClN3O2/c17-14-4-2-1-3-12(14)7-11-8-13(22-9-11)5-6-15(21)16-18-10-19-20-16/h1-4,8-10,15,21H,5-7H2,(H,18,19,20). The highest BCUT2D eigenvalue weighted by Crippen LogP contribution is 2.22. The molecule has 0 aliphatic heterocycles. The van der Waals surface area contributed by atoms with Crippen LogP contribution in [-0.4, -0.2) is 20.3 Å². The summed E-state index contributed by atoms with van der Waals surface area (Å²) in [5.41, 5.74) is 2.13. The van der Waals surface area contributed by atoms with Gasteiger partial charge in [0.1, 0.15) is 18.2 Å². The number of hydrogen-bond donors (Lipinski definition) is 2. The third-order valence-corrected chi connectivity index (χ3v) is 3.84. The number of aliphatic hydroxyl groups is 1. The Hall–Kier alpha value is -2.11. The minimum Gasteiger partial charge on any atom is -0.469 e. The van der Waals surface area contributed by atoms with Crippen molar-refractivity contribution < 1.29 is 9.52 Å². The fraction of sp³-hybridized carbons (Fsp3) is 0.250. The number of aromatic amines is 1. The first-order chi connectivity index (χ1) is 10.7. The molecule has 0 fully saturated rings. The number of furan rings is 1. The summed E-state index contributed by atoms with van der Waals surface area (Å²) in [6, 6.07) is 9.76. The summed E-state index contributed by atoms with van der Waals surface area (Å²) in [5.74, 6) is 1.31. The molecule has 2 aromatic heterocycles. The Kier molecular flexibility index (Phi) is 4.56. The number of benzene rings is 1. The fourth-order valence-corrected chi connectivity index (χ4v) is 2.51. The van der Waals surface area contributed by atoms with Gasteiger partial charge in [-0.1, -0.05) is 29.8 Å². The molecule has 1 aromatic carbocycles. The van der Waals surface area contributed by atoms with Crippen LogP contribution in [-0.2, 0) is 12.8 Å². The smallest absolute Gasteiger partial charge is 0.153 e. The minimum absolute atomic E-state index is 0.475. The van der Waals surface area contributed by atoms with Crippen LogP contribution in [0, 0.1) is 0 Å². The van der Waals surface area contributed by atoms with Crippen LogP contribution in [0.5, 0.6) is 0 Å². The molecule has 114 valence electrons. The zero-order valence-corrected chi connectivity index (χ0v) is 12.6.